The van der Waals surface area contributed by atoms with Gasteiger partial charge in [0.2, 0.25) is 0 Å². The zero-order valence-corrected chi connectivity index (χ0v) is 16.4. The van der Waals surface area contributed by atoms with Crippen LogP contribution in [0.2, 0.25) is 0 Å². The molecule has 0 saturated carbocycles. The number of amides is 1. The van der Waals surface area contributed by atoms with E-state index in [4.69, 9.17) is 0 Å². The number of allylic oxidation sites excluding steroid dienone is 2. The van der Waals surface area contributed by atoms with Gasteiger partial charge in [0, 0.05) is 0 Å². The van der Waals surface area contributed by atoms with Crippen LogP contribution in [0.4, 0.5) is 4.79 Å². The van der Waals surface area contributed by atoms with E-state index in [0.717, 1.165) is 38.2 Å². The lowest BCUT2D eigenvalue weighted by molar-refractivity contribution is 0.183. The molecule has 3 heteroatoms. The van der Waals surface area contributed by atoms with E-state index < -0.39 is 11.6 Å². The van der Waals surface area contributed by atoms with E-state index in [0.29, 0.717) is 6.42 Å². The number of fused-ring (bicyclic) bond motifs is 2. The minimum atomic E-state index is -1.04. The molecule has 0 radical (unpaired) electrons. The van der Waals surface area contributed by atoms with Gasteiger partial charge in [-0.25, -0.2) is 4.79 Å². The number of carboxylic acid groups (broad SMARTS) is 1. The highest BCUT2D eigenvalue weighted by atomic mass is 16.4. The quantitative estimate of drug-likeness (QED) is 0.411. The molecule has 3 nitrogen and oxygen atoms in total. The highest BCUT2D eigenvalue weighted by Gasteiger charge is 2.34. The Bertz CT molecular complexity index is 1330. The Morgan fingerprint density at radius 2 is 1.50 bits per heavy atom. The number of carbonyl (C=O) groups is 1. The molecule has 0 heterocycles. The molecule has 0 spiro atoms. The van der Waals surface area contributed by atoms with Crippen LogP contribution < -0.4 is 5.32 Å². The van der Waals surface area contributed by atoms with E-state index in [1.807, 2.05) is 48.6 Å². The SMILES string of the molecule is O=C(O)NC1(c2ccc3ccccc3c2-c2cccc3ccccc23)C=CC=CC1. The first-order valence-corrected chi connectivity index (χ1v) is 10.0. The number of hydrogen-bond donors (Lipinski definition) is 2. The molecule has 5 rings (SSSR count). The molecule has 1 atom stereocenters. The highest BCUT2D eigenvalue weighted by Crippen LogP contribution is 2.43. The minimum absolute atomic E-state index is 0.561. The van der Waals surface area contributed by atoms with Crippen molar-refractivity contribution in [3.05, 3.63) is 109 Å². The van der Waals surface area contributed by atoms with Crippen LogP contribution in [0.15, 0.2) is 103 Å². The Balaban J connectivity index is 1.90. The molecular weight excluding hydrogens is 370 g/mol. The third-order valence-electron chi connectivity index (χ3n) is 5.87. The smallest absolute Gasteiger partial charge is 0.405 e. The minimum Gasteiger partial charge on any atom is -0.465 e. The van der Waals surface area contributed by atoms with Crippen molar-refractivity contribution in [2.24, 2.45) is 0 Å². The van der Waals surface area contributed by atoms with Gasteiger partial charge in [0.1, 0.15) is 0 Å². The maximum atomic E-state index is 11.8. The monoisotopic (exact) mass is 391 g/mol. The summed E-state index contributed by atoms with van der Waals surface area (Å²) in [5.74, 6) is 0. The Morgan fingerprint density at radius 3 is 2.23 bits per heavy atom. The first-order chi connectivity index (χ1) is 14.7. The van der Waals surface area contributed by atoms with E-state index >= 15 is 0 Å². The summed E-state index contributed by atoms with van der Waals surface area (Å²) < 4.78 is 0. The number of benzene rings is 4. The van der Waals surface area contributed by atoms with Crippen LogP contribution in [-0.4, -0.2) is 11.2 Å². The van der Waals surface area contributed by atoms with E-state index in [-0.39, 0.29) is 0 Å². The molecule has 30 heavy (non-hydrogen) atoms. The lowest BCUT2D eigenvalue weighted by Gasteiger charge is -2.34. The molecule has 146 valence electrons. The normalized spacial score (nSPS) is 18.0. The number of hydrogen-bond acceptors (Lipinski definition) is 1. The molecule has 1 unspecified atom stereocenters. The Hall–Kier alpha value is -3.85. The lowest BCUT2D eigenvalue weighted by Crippen LogP contribution is -2.44. The average molecular weight is 391 g/mol. The molecule has 1 amide bonds. The van der Waals surface area contributed by atoms with Crippen LogP contribution >= 0.6 is 0 Å². The predicted molar refractivity (Wildman–Crippen MR) is 123 cm³/mol. The van der Waals surface area contributed by atoms with Gasteiger partial charge in [-0.1, -0.05) is 103 Å². The van der Waals surface area contributed by atoms with Crippen LogP contribution in [0.1, 0.15) is 12.0 Å². The van der Waals surface area contributed by atoms with Crippen molar-refractivity contribution in [3.8, 4) is 11.1 Å². The second-order valence-electron chi connectivity index (χ2n) is 7.63. The molecule has 0 bridgehead atoms. The number of nitrogens with one attached hydrogen (secondary N) is 1. The Labute approximate surface area is 175 Å². The van der Waals surface area contributed by atoms with Crippen molar-refractivity contribution >= 4 is 27.6 Å². The fourth-order valence-corrected chi connectivity index (χ4v) is 4.55. The summed E-state index contributed by atoms with van der Waals surface area (Å²) in [5, 5.41) is 17.0. The Kier molecular flexibility index (Phi) is 4.36. The van der Waals surface area contributed by atoms with Crippen molar-refractivity contribution in [2.45, 2.75) is 12.0 Å². The molecule has 1 aliphatic carbocycles. The van der Waals surface area contributed by atoms with Gasteiger partial charge in [-0.15, -0.1) is 0 Å². The molecule has 0 fully saturated rings. The largest absolute Gasteiger partial charge is 0.465 e. The summed E-state index contributed by atoms with van der Waals surface area (Å²) in [6.45, 7) is 0. The van der Waals surface area contributed by atoms with Gasteiger partial charge in [-0.3, -0.25) is 0 Å². The molecule has 1 aliphatic rings. The second kappa shape index (κ2) is 7.20. The van der Waals surface area contributed by atoms with Crippen LogP contribution in [-0.2, 0) is 5.54 Å². The highest BCUT2D eigenvalue weighted by molar-refractivity contribution is 6.07. The van der Waals surface area contributed by atoms with Gasteiger partial charge in [-0.2, -0.15) is 0 Å². The zero-order valence-electron chi connectivity index (χ0n) is 16.4. The van der Waals surface area contributed by atoms with Crippen LogP contribution in [0, 0.1) is 0 Å². The first kappa shape index (κ1) is 18.2. The van der Waals surface area contributed by atoms with E-state index in [2.05, 4.69) is 59.9 Å². The van der Waals surface area contributed by atoms with Gasteiger partial charge in [0.15, 0.2) is 0 Å². The van der Waals surface area contributed by atoms with Crippen molar-refractivity contribution < 1.29 is 9.90 Å². The number of rotatable bonds is 3. The second-order valence-corrected chi connectivity index (χ2v) is 7.63. The lowest BCUT2D eigenvalue weighted by atomic mass is 9.77. The van der Waals surface area contributed by atoms with Gasteiger partial charge < -0.3 is 10.4 Å². The molecule has 0 aromatic heterocycles. The molecule has 2 N–H and O–H groups in total. The fraction of sp³-hybridized carbons (Fsp3) is 0.0741. The summed E-state index contributed by atoms with van der Waals surface area (Å²) in [6, 6.07) is 27.1. The van der Waals surface area contributed by atoms with Gasteiger partial charge >= 0.3 is 6.09 Å². The van der Waals surface area contributed by atoms with Gasteiger partial charge in [0.05, 0.1) is 5.54 Å². The van der Waals surface area contributed by atoms with Crippen molar-refractivity contribution in [3.63, 3.8) is 0 Å². The summed E-state index contributed by atoms with van der Waals surface area (Å²) in [7, 11) is 0. The summed E-state index contributed by atoms with van der Waals surface area (Å²) in [4.78, 5) is 11.8. The van der Waals surface area contributed by atoms with Crippen LogP contribution in [0.3, 0.4) is 0 Å². The Morgan fingerprint density at radius 1 is 0.800 bits per heavy atom. The van der Waals surface area contributed by atoms with Crippen LogP contribution in [0.5, 0.6) is 0 Å². The van der Waals surface area contributed by atoms with Gasteiger partial charge in [-0.05, 0) is 44.7 Å². The predicted octanol–water partition coefficient (Wildman–Crippen LogP) is 6.64. The maximum Gasteiger partial charge on any atom is 0.405 e. The summed E-state index contributed by atoms with van der Waals surface area (Å²) in [5.41, 5.74) is 2.31. The van der Waals surface area contributed by atoms with Gasteiger partial charge in [0.25, 0.3) is 0 Å². The molecule has 0 saturated heterocycles. The maximum absolute atomic E-state index is 11.8. The fourth-order valence-electron chi connectivity index (χ4n) is 4.55. The topological polar surface area (TPSA) is 49.3 Å². The standard InChI is InChI=1S/C27H21NO2/c29-26(30)28-27(17-6-1-7-18-27)24-16-15-20-10-3-5-13-22(20)25(24)23-14-8-11-19-9-2-4-12-21(19)23/h1-17,28H,18H2,(H,29,30). The van der Waals surface area contributed by atoms with Crippen molar-refractivity contribution in [2.75, 3.05) is 0 Å². The van der Waals surface area contributed by atoms with E-state index in [1.165, 1.54) is 0 Å². The third-order valence-corrected chi connectivity index (χ3v) is 5.87. The molecule has 4 aromatic carbocycles. The average Bonchev–Trinajstić information content (AvgIpc) is 2.78. The zero-order chi connectivity index (χ0) is 20.6. The van der Waals surface area contributed by atoms with Crippen LogP contribution in [0.25, 0.3) is 32.7 Å². The molecular formula is C27H21NO2. The molecule has 0 aliphatic heterocycles. The molecule has 4 aromatic rings. The van der Waals surface area contributed by atoms with Crippen molar-refractivity contribution in [1.82, 2.24) is 5.32 Å². The van der Waals surface area contributed by atoms with E-state index in [1.54, 1.807) is 0 Å². The third kappa shape index (κ3) is 2.96. The first-order valence-electron chi connectivity index (χ1n) is 10.0. The van der Waals surface area contributed by atoms with Crippen molar-refractivity contribution in [1.29, 1.82) is 0 Å². The summed E-state index contributed by atoms with van der Waals surface area (Å²) >= 11 is 0. The summed E-state index contributed by atoms with van der Waals surface area (Å²) in [6.07, 6.45) is 7.37. The van der Waals surface area contributed by atoms with E-state index in [9.17, 15) is 9.90 Å².